The van der Waals surface area contributed by atoms with Crippen molar-refractivity contribution in [3.63, 3.8) is 0 Å². The first-order valence-corrected chi connectivity index (χ1v) is 7.65. The molecule has 0 fully saturated rings. The average molecular weight is 330 g/mol. The molecule has 0 spiro atoms. The second-order valence-corrected chi connectivity index (χ2v) is 6.39. The number of carbonyl (C=O) groups is 1. The lowest BCUT2D eigenvalue weighted by atomic mass is 10.2. The first kappa shape index (κ1) is 15.3. The number of hydrogen-bond acceptors (Lipinski definition) is 4. The van der Waals surface area contributed by atoms with Crippen molar-refractivity contribution in [1.29, 1.82) is 0 Å². The number of aryl methyl sites for hydroxylation is 2. The fraction of sp³-hybridized carbons (Fsp3) is 0.167. The lowest BCUT2D eigenvalue weighted by Crippen LogP contribution is -2.15. The van der Waals surface area contributed by atoms with Crippen molar-refractivity contribution in [3.8, 4) is 0 Å². The van der Waals surface area contributed by atoms with Gasteiger partial charge in [0.2, 0.25) is 0 Å². The van der Waals surface area contributed by atoms with E-state index in [1.165, 1.54) is 12.1 Å². The molecule has 7 nitrogen and oxygen atoms in total. The largest absolute Gasteiger partial charge is 0.478 e. The molecule has 2 aromatic rings. The number of aromatic carboxylic acids is 1. The minimum Gasteiger partial charge on any atom is -0.478 e. The molecule has 0 aliphatic rings. The highest BCUT2D eigenvalue weighted by Crippen LogP contribution is 2.24. The van der Waals surface area contributed by atoms with Crippen molar-refractivity contribution in [3.05, 3.63) is 40.2 Å². The number of sulfonamides is 1. The van der Waals surface area contributed by atoms with Crippen LogP contribution < -0.4 is 4.72 Å². The van der Waals surface area contributed by atoms with E-state index in [1.54, 1.807) is 13.8 Å². The standard InChI is InChI=1S/C12H12ClN3O4S/c1-6-11(7(2)15-14-6)21(19,20)16-8-3-4-10(13)9(5-8)12(17)18/h3-5,16H,1-2H3,(H,14,15)(H,17,18). The van der Waals surface area contributed by atoms with E-state index in [2.05, 4.69) is 14.9 Å². The van der Waals surface area contributed by atoms with Crippen molar-refractivity contribution in [2.24, 2.45) is 0 Å². The summed E-state index contributed by atoms with van der Waals surface area (Å²) in [4.78, 5) is 11.0. The fourth-order valence-electron chi connectivity index (χ4n) is 1.90. The van der Waals surface area contributed by atoms with E-state index in [4.69, 9.17) is 16.7 Å². The molecule has 9 heteroatoms. The van der Waals surface area contributed by atoms with Gasteiger partial charge in [0.1, 0.15) is 4.90 Å². The summed E-state index contributed by atoms with van der Waals surface area (Å²) in [5, 5.41) is 15.4. The third kappa shape index (κ3) is 3.01. The van der Waals surface area contributed by atoms with Crippen molar-refractivity contribution < 1.29 is 18.3 Å². The quantitative estimate of drug-likeness (QED) is 0.795. The Morgan fingerprint density at radius 2 is 2.05 bits per heavy atom. The van der Waals surface area contributed by atoms with Crippen LogP contribution in [0.2, 0.25) is 5.02 Å². The highest BCUT2D eigenvalue weighted by Gasteiger charge is 2.23. The molecule has 0 bridgehead atoms. The van der Waals surface area contributed by atoms with Crippen molar-refractivity contribution >= 4 is 33.3 Å². The first-order chi connectivity index (χ1) is 9.72. The molecule has 0 saturated carbocycles. The number of nitrogens with zero attached hydrogens (tertiary/aromatic N) is 1. The van der Waals surface area contributed by atoms with Crippen molar-refractivity contribution in [1.82, 2.24) is 10.2 Å². The molecule has 0 saturated heterocycles. The Morgan fingerprint density at radius 3 is 2.57 bits per heavy atom. The van der Waals surface area contributed by atoms with Crippen LogP contribution in [-0.4, -0.2) is 29.7 Å². The van der Waals surface area contributed by atoms with Crippen molar-refractivity contribution in [2.75, 3.05) is 4.72 Å². The Kier molecular flexibility index (Phi) is 3.93. The molecule has 1 aromatic carbocycles. The highest BCUT2D eigenvalue weighted by atomic mass is 35.5. The number of aromatic amines is 1. The summed E-state index contributed by atoms with van der Waals surface area (Å²) in [6.07, 6.45) is 0. The monoisotopic (exact) mass is 329 g/mol. The number of carboxylic acids is 1. The van der Waals surface area contributed by atoms with Gasteiger partial charge in [-0.1, -0.05) is 11.6 Å². The molecule has 1 heterocycles. The Balaban J connectivity index is 2.42. The second-order valence-electron chi connectivity index (χ2n) is 4.37. The lowest BCUT2D eigenvalue weighted by Gasteiger charge is -2.09. The van der Waals surface area contributed by atoms with Gasteiger partial charge in [0, 0.05) is 5.69 Å². The van der Waals surface area contributed by atoms with E-state index in [0.717, 1.165) is 6.07 Å². The number of aromatic nitrogens is 2. The Morgan fingerprint density at radius 1 is 1.38 bits per heavy atom. The molecule has 112 valence electrons. The van der Waals surface area contributed by atoms with Crippen LogP contribution >= 0.6 is 11.6 Å². The Hall–Kier alpha value is -2.06. The molecular formula is C12H12ClN3O4S. The lowest BCUT2D eigenvalue weighted by molar-refractivity contribution is 0.0697. The summed E-state index contributed by atoms with van der Waals surface area (Å²) < 4.78 is 27.0. The van der Waals surface area contributed by atoms with Gasteiger partial charge in [0.05, 0.1) is 22.0 Å². The smallest absolute Gasteiger partial charge is 0.337 e. The van der Waals surface area contributed by atoms with E-state index in [1.807, 2.05) is 0 Å². The fourth-order valence-corrected chi connectivity index (χ4v) is 3.52. The van der Waals surface area contributed by atoms with Crippen LogP contribution in [0.25, 0.3) is 0 Å². The molecule has 1 aromatic heterocycles. The topological polar surface area (TPSA) is 112 Å². The number of benzene rings is 1. The van der Waals surface area contributed by atoms with Gasteiger partial charge < -0.3 is 5.11 Å². The number of carboxylic acid groups (broad SMARTS) is 1. The van der Waals surface area contributed by atoms with Gasteiger partial charge in [-0.25, -0.2) is 13.2 Å². The molecule has 21 heavy (non-hydrogen) atoms. The van der Waals surface area contributed by atoms with Crippen LogP contribution in [0.1, 0.15) is 21.7 Å². The van der Waals surface area contributed by atoms with E-state index < -0.39 is 16.0 Å². The highest BCUT2D eigenvalue weighted by molar-refractivity contribution is 7.92. The summed E-state index contributed by atoms with van der Waals surface area (Å²) in [6, 6.07) is 3.86. The summed E-state index contributed by atoms with van der Waals surface area (Å²) in [5.74, 6) is -1.24. The maximum atomic E-state index is 12.3. The van der Waals surface area contributed by atoms with E-state index >= 15 is 0 Å². The van der Waals surface area contributed by atoms with Gasteiger partial charge in [0.25, 0.3) is 10.0 Å². The summed E-state index contributed by atoms with van der Waals surface area (Å²) in [7, 11) is -3.87. The predicted molar refractivity (Wildman–Crippen MR) is 77.3 cm³/mol. The van der Waals surface area contributed by atoms with Crippen LogP contribution in [0, 0.1) is 13.8 Å². The molecule has 0 atom stereocenters. The van der Waals surface area contributed by atoms with Gasteiger partial charge in [0.15, 0.2) is 0 Å². The number of rotatable bonds is 4. The molecular weight excluding hydrogens is 318 g/mol. The summed E-state index contributed by atoms with van der Waals surface area (Å²) in [5.41, 5.74) is 0.647. The van der Waals surface area contributed by atoms with Crippen LogP contribution in [-0.2, 0) is 10.0 Å². The zero-order valence-corrected chi connectivity index (χ0v) is 12.7. The molecule has 0 aliphatic carbocycles. The normalized spacial score (nSPS) is 11.4. The molecule has 0 amide bonds. The number of anilines is 1. The molecule has 0 radical (unpaired) electrons. The van der Waals surface area contributed by atoms with Crippen LogP contribution in [0.4, 0.5) is 5.69 Å². The zero-order valence-electron chi connectivity index (χ0n) is 11.1. The minimum atomic E-state index is -3.87. The average Bonchev–Trinajstić information content (AvgIpc) is 2.71. The van der Waals surface area contributed by atoms with E-state index in [9.17, 15) is 13.2 Å². The van der Waals surface area contributed by atoms with Gasteiger partial charge >= 0.3 is 5.97 Å². The van der Waals surface area contributed by atoms with E-state index in [0.29, 0.717) is 11.4 Å². The molecule has 0 unspecified atom stereocenters. The van der Waals surface area contributed by atoms with Crippen LogP contribution in [0.5, 0.6) is 0 Å². The minimum absolute atomic E-state index is 0.0288. The van der Waals surface area contributed by atoms with Crippen molar-refractivity contribution in [2.45, 2.75) is 18.7 Å². The Labute approximate surface area is 126 Å². The second kappa shape index (κ2) is 5.38. The van der Waals surface area contributed by atoms with Crippen LogP contribution in [0.15, 0.2) is 23.1 Å². The molecule has 0 aliphatic heterocycles. The predicted octanol–water partition coefficient (Wildman–Crippen LogP) is 2.18. The van der Waals surface area contributed by atoms with Gasteiger partial charge in [-0.05, 0) is 32.0 Å². The summed E-state index contributed by atoms with van der Waals surface area (Å²) >= 11 is 5.74. The van der Waals surface area contributed by atoms with Crippen LogP contribution in [0.3, 0.4) is 0 Å². The number of H-pyrrole nitrogens is 1. The van der Waals surface area contributed by atoms with E-state index in [-0.39, 0.29) is 21.2 Å². The molecule has 3 N–H and O–H groups in total. The van der Waals surface area contributed by atoms with Gasteiger partial charge in [-0.3, -0.25) is 9.82 Å². The zero-order chi connectivity index (χ0) is 15.8. The van der Waals surface area contributed by atoms with Gasteiger partial charge in [-0.15, -0.1) is 0 Å². The third-order valence-corrected chi connectivity index (χ3v) is 4.75. The third-order valence-electron chi connectivity index (χ3n) is 2.78. The summed E-state index contributed by atoms with van der Waals surface area (Å²) in [6.45, 7) is 3.14. The maximum absolute atomic E-state index is 12.3. The maximum Gasteiger partial charge on any atom is 0.337 e. The number of nitrogens with one attached hydrogen (secondary N) is 2. The molecule has 2 rings (SSSR count). The first-order valence-electron chi connectivity index (χ1n) is 5.79. The Bertz CT molecular complexity index is 794. The number of hydrogen-bond donors (Lipinski definition) is 3. The SMILES string of the molecule is Cc1n[nH]c(C)c1S(=O)(=O)Nc1ccc(Cl)c(C(=O)O)c1. The number of halogens is 1. The van der Waals surface area contributed by atoms with Gasteiger partial charge in [-0.2, -0.15) is 5.10 Å².